The number of nitrogens with one attached hydrogen (secondary N) is 1. The molecule has 0 heterocycles. The molecule has 2 aromatic carbocycles. The first kappa shape index (κ1) is 15.5. The Balaban J connectivity index is 2.15. The van der Waals surface area contributed by atoms with Crippen LogP contribution in [0.25, 0.3) is 10.8 Å². The second kappa shape index (κ2) is 6.72. The highest BCUT2D eigenvalue weighted by Gasteiger charge is 2.14. The van der Waals surface area contributed by atoms with Crippen LogP contribution in [0.1, 0.15) is 19.8 Å². The molecule has 2 aromatic rings. The van der Waals surface area contributed by atoms with Gasteiger partial charge in [-0.15, -0.1) is 0 Å². The van der Waals surface area contributed by atoms with Crippen molar-refractivity contribution in [1.29, 1.82) is 0 Å². The van der Waals surface area contributed by atoms with E-state index in [4.69, 9.17) is 5.11 Å². The lowest BCUT2D eigenvalue weighted by atomic mass is 10.0. The van der Waals surface area contributed by atoms with Crippen molar-refractivity contribution < 1.29 is 14.7 Å². The van der Waals surface area contributed by atoms with Crippen LogP contribution in [0.5, 0.6) is 0 Å². The second-order valence-corrected chi connectivity index (χ2v) is 5.95. The van der Waals surface area contributed by atoms with Crippen molar-refractivity contribution in [2.24, 2.45) is 5.92 Å². The van der Waals surface area contributed by atoms with Gasteiger partial charge in [0.15, 0.2) is 0 Å². The predicted octanol–water partition coefficient (Wildman–Crippen LogP) is 4.04. The van der Waals surface area contributed by atoms with Gasteiger partial charge in [0.2, 0.25) is 5.91 Å². The van der Waals surface area contributed by atoms with Crippen LogP contribution in [0, 0.1) is 5.92 Å². The summed E-state index contributed by atoms with van der Waals surface area (Å²) in [5.41, 5.74) is 0.737. The molecular weight excluding hydrogens is 334 g/mol. The molecule has 0 spiro atoms. The molecule has 0 aromatic heterocycles. The number of carboxylic acid groups (broad SMARTS) is 1. The fourth-order valence-electron chi connectivity index (χ4n) is 2.26. The average molecular weight is 350 g/mol. The molecule has 0 fully saturated rings. The van der Waals surface area contributed by atoms with Gasteiger partial charge in [0.05, 0.1) is 0 Å². The predicted molar refractivity (Wildman–Crippen MR) is 86.3 cm³/mol. The third kappa shape index (κ3) is 4.04. The summed E-state index contributed by atoms with van der Waals surface area (Å²) in [5, 5.41) is 13.6. The van der Waals surface area contributed by atoms with Crippen molar-refractivity contribution in [3.63, 3.8) is 0 Å². The fraction of sp³-hybridized carbons (Fsp3) is 0.250. The van der Waals surface area contributed by atoms with E-state index in [1.54, 1.807) is 6.92 Å². The number of hydrogen-bond acceptors (Lipinski definition) is 2. The maximum atomic E-state index is 12.0. The molecule has 4 nitrogen and oxygen atoms in total. The monoisotopic (exact) mass is 349 g/mol. The van der Waals surface area contributed by atoms with E-state index in [0.29, 0.717) is 0 Å². The highest BCUT2D eigenvalue weighted by atomic mass is 79.9. The molecule has 0 radical (unpaired) electrons. The van der Waals surface area contributed by atoms with Gasteiger partial charge in [0.25, 0.3) is 0 Å². The largest absolute Gasteiger partial charge is 0.481 e. The molecule has 0 saturated heterocycles. The Bertz CT molecular complexity index is 684. The van der Waals surface area contributed by atoms with Crippen LogP contribution in [0.15, 0.2) is 40.9 Å². The molecule has 0 aliphatic heterocycles. The maximum absolute atomic E-state index is 12.0. The zero-order chi connectivity index (χ0) is 15.4. The molecule has 110 valence electrons. The highest BCUT2D eigenvalue weighted by molar-refractivity contribution is 9.10. The average Bonchev–Trinajstić information content (AvgIpc) is 2.41. The molecule has 1 atom stereocenters. The molecule has 2 rings (SSSR count). The number of rotatable bonds is 5. The summed E-state index contributed by atoms with van der Waals surface area (Å²) in [5.74, 6) is -1.25. The maximum Gasteiger partial charge on any atom is 0.303 e. The Labute approximate surface area is 131 Å². The minimum absolute atomic E-state index is 0.00545. The van der Waals surface area contributed by atoms with Crippen molar-refractivity contribution >= 4 is 44.3 Å². The van der Waals surface area contributed by atoms with Crippen molar-refractivity contribution in [3.05, 3.63) is 40.9 Å². The van der Waals surface area contributed by atoms with Crippen LogP contribution in [0.3, 0.4) is 0 Å². The van der Waals surface area contributed by atoms with Crippen molar-refractivity contribution in [2.75, 3.05) is 5.32 Å². The van der Waals surface area contributed by atoms with Gasteiger partial charge >= 0.3 is 5.97 Å². The summed E-state index contributed by atoms with van der Waals surface area (Å²) in [7, 11) is 0. The first-order chi connectivity index (χ1) is 9.97. The van der Waals surface area contributed by atoms with Gasteiger partial charge in [-0.3, -0.25) is 9.59 Å². The molecule has 1 amide bonds. The van der Waals surface area contributed by atoms with Crippen LogP contribution in [0.2, 0.25) is 0 Å². The number of halogens is 1. The number of amides is 1. The van der Waals surface area contributed by atoms with Crippen LogP contribution < -0.4 is 5.32 Å². The van der Waals surface area contributed by atoms with Crippen molar-refractivity contribution in [3.8, 4) is 0 Å². The molecule has 0 bridgehead atoms. The summed E-state index contributed by atoms with van der Waals surface area (Å²) in [6, 6.07) is 11.5. The van der Waals surface area contributed by atoms with Crippen LogP contribution >= 0.6 is 15.9 Å². The van der Waals surface area contributed by atoms with E-state index >= 15 is 0 Å². The molecule has 0 aliphatic carbocycles. The van der Waals surface area contributed by atoms with E-state index in [1.165, 1.54) is 0 Å². The summed E-state index contributed by atoms with van der Waals surface area (Å²) in [6.45, 7) is 1.76. The minimum Gasteiger partial charge on any atom is -0.481 e. The lowest BCUT2D eigenvalue weighted by Crippen LogP contribution is -2.17. The third-order valence-corrected chi connectivity index (χ3v) is 3.89. The SMILES string of the molecule is CC(CC(=O)O)CC(=O)Nc1ccc(Br)c2ccccc12. The standard InChI is InChI=1S/C16H16BrNO3/c1-10(9-16(20)21)8-15(19)18-14-7-6-13(17)11-4-2-3-5-12(11)14/h2-7,10H,8-9H2,1H3,(H,18,19)(H,20,21). The quantitative estimate of drug-likeness (QED) is 0.855. The van der Waals surface area contributed by atoms with Gasteiger partial charge in [-0.2, -0.15) is 0 Å². The Morgan fingerprint density at radius 2 is 1.81 bits per heavy atom. The topological polar surface area (TPSA) is 66.4 Å². The number of aliphatic carboxylic acids is 1. The molecule has 0 aliphatic rings. The lowest BCUT2D eigenvalue weighted by Gasteiger charge is -2.12. The molecular formula is C16H16BrNO3. The van der Waals surface area contributed by atoms with E-state index in [9.17, 15) is 9.59 Å². The van der Waals surface area contributed by atoms with Crippen LogP contribution in [-0.4, -0.2) is 17.0 Å². The number of anilines is 1. The van der Waals surface area contributed by atoms with Crippen molar-refractivity contribution in [2.45, 2.75) is 19.8 Å². The highest BCUT2D eigenvalue weighted by Crippen LogP contribution is 2.30. The van der Waals surface area contributed by atoms with Gasteiger partial charge < -0.3 is 10.4 Å². The van der Waals surface area contributed by atoms with E-state index in [0.717, 1.165) is 20.9 Å². The summed E-state index contributed by atoms with van der Waals surface area (Å²) >= 11 is 3.49. The number of fused-ring (bicyclic) bond motifs is 1. The zero-order valence-corrected chi connectivity index (χ0v) is 13.2. The summed E-state index contributed by atoms with van der Waals surface area (Å²) in [4.78, 5) is 22.6. The second-order valence-electron chi connectivity index (χ2n) is 5.10. The first-order valence-corrected chi connectivity index (χ1v) is 7.45. The Kier molecular flexibility index (Phi) is 4.96. The summed E-state index contributed by atoms with van der Waals surface area (Å²) in [6.07, 6.45) is 0.186. The van der Waals surface area contributed by atoms with Gasteiger partial charge in [0, 0.05) is 28.4 Å². The summed E-state index contributed by atoms with van der Waals surface area (Å²) < 4.78 is 0.968. The van der Waals surface area contributed by atoms with Crippen molar-refractivity contribution in [1.82, 2.24) is 0 Å². The van der Waals surface area contributed by atoms with Gasteiger partial charge in [-0.05, 0) is 23.4 Å². The Morgan fingerprint density at radius 1 is 1.14 bits per heavy atom. The number of carboxylic acids is 1. The van der Waals surface area contributed by atoms with Gasteiger partial charge in [-0.25, -0.2) is 0 Å². The molecule has 1 unspecified atom stereocenters. The number of benzene rings is 2. The fourth-order valence-corrected chi connectivity index (χ4v) is 2.74. The van der Waals surface area contributed by atoms with Gasteiger partial charge in [0.1, 0.15) is 0 Å². The molecule has 21 heavy (non-hydrogen) atoms. The first-order valence-electron chi connectivity index (χ1n) is 6.66. The Hall–Kier alpha value is -1.88. The lowest BCUT2D eigenvalue weighted by molar-refractivity contribution is -0.138. The van der Waals surface area contributed by atoms with E-state index in [1.807, 2.05) is 36.4 Å². The zero-order valence-electron chi connectivity index (χ0n) is 11.6. The van der Waals surface area contributed by atoms with E-state index in [-0.39, 0.29) is 24.7 Å². The number of carbonyl (C=O) groups is 2. The minimum atomic E-state index is -0.885. The molecule has 5 heteroatoms. The van der Waals surface area contributed by atoms with Crippen LogP contribution in [0.4, 0.5) is 5.69 Å². The normalized spacial score (nSPS) is 12.1. The van der Waals surface area contributed by atoms with E-state index in [2.05, 4.69) is 21.2 Å². The third-order valence-electron chi connectivity index (χ3n) is 3.20. The molecule has 0 saturated carbocycles. The molecule has 2 N–H and O–H groups in total. The van der Waals surface area contributed by atoms with E-state index < -0.39 is 5.97 Å². The van der Waals surface area contributed by atoms with Gasteiger partial charge in [-0.1, -0.05) is 47.1 Å². The van der Waals surface area contributed by atoms with Crippen LogP contribution in [-0.2, 0) is 9.59 Å². The smallest absolute Gasteiger partial charge is 0.303 e. The number of hydrogen-bond donors (Lipinski definition) is 2. The number of carbonyl (C=O) groups excluding carboxylic acids is 1. The Morgan fingerprint density at radius 3 is 2.48 bits per heavy atom.